The van der Waals surface area contributed by atoms with Gasteiger partial charge in [-0.3, -0.25) is 4.79 Å². The van der Waals surface area contributed by atoms with Crippen LogP contribution in [0.3, 0.4) is 0 Å². The van der Waals surface area contributed by atoms with Crippen LogP contribution in [0.5, 0.6) is 0 Å². The van der Waals surface area contributed by atoms with Gasteiger partial charge in [0.05, 0.1) is 11.4 Å². The molecule has 0 saturated heterocycles. The summed E-state index contributed by atoms with van der Waals surface area (Å²) in [6, 6.07) is 4.10. The van der Waals surface area contributed by atoms with Gasteiger partial charge in [0, 0.05) is 18.3 Å². The Kier molecular flexibility index (Phi) is 3.73. The van der Waals surface area contributed by atoms with Gasteiger partial charge in [0.25, 0.3) is 5.91 Å². The highest BCUT2D eigenvalue weighted by atomic mass is 32.1. The van der Waals surface area contributed by atoms with Gasteiger partial charge in [-0.2, -0.15) is 0 Å². The van der Waals surface area contributed by atoms with Crippen LogP contribution in [0.4, 0.5) is 0 Å². The molecule has 2 aromatic heterocycles. The second-order valence-corrected chi connectivity index (χ2v) is 7.06. The van der Waals surface area contributed by atoms with E-state index in [1.165, 1.54) is 17.0 Å². The van der Waals surface area contributed by atoms with Crippen LogP contribution in [0.2, 0.25) is 0 Å². The molecule has 4 nitrogen and oxygen atoms in total. The van der Waals surface area contributed by atoms with Crippen LogP contribution in [0.1, 0.15) is 41.8 Å². The molecule has 1 N–H and O–H groups in total. The van der Waals surface area contributed by atoms with Crippen molar-refractivity contribution < 1.29 is 4.79 Å². The lowest BCUT2D eigenvalue weighted by molar-refractivity contribution is 0.0923. The van der Waals surface area contributed by atoms with Gasteiger partial charge in [0.15, 0.2) is 0 Å². The lowest BCUT2D eigenvalue weighted by Crippen LogP contribution is -2.40. The Morgan fingerprint density at radius 2 is 1.95 bits per heavy atom. The van der Waals surface area contributed by atoms with Crippen LogP contribution in [0.25, 0.3) is 10.7 Å². The van der Waals surface area contributed by atoms with Crippen LogP contribution in [0, 0.1) is 13.8 Å². The smallest absolute Gasteiger partial charge is 0.263 e. The summed E-state index contributed by atoms with van der Waals surface area (Å²) in [5, 5.41) is 3.87. The topological polar surface area (TPSA) is 46.9 Å². The van der Waals surface area contributed by atoms with E-state index in [1.54, 1.807) is 0 Å². The van der Waals surface area contributed by atoms with Crippen LogP contribution < -0.4 is 5.32 Å². The molecule has 0 bridgehead atoms. The molecule has 0 fully saturated rings. The van der Waals surface area contributed by atoms with Crippen molar-refractivity contribution in [3.63, 3.8) is 0 Å². The highest BCUT2D eigenvalue weighted by Gasteiger charge is 2.21. The fourth-order valence-electron chi connectivity index (χ4n) is 1.94. The molecule has 0 aliphatic rings. The van der Waals surface area contributed by atoms with Crippen LogP contribution >= 0.6 is 11.3 Å². The second-order valence-electron chi connectivity index (χ2n) is 6.06. The molecular formula is C15H21N3OS. The Morgan fingerprint density at radius 3 is 2.45 bits per heavy atom. The summed E-state index contributed by atoms with van der Waals surface area (Å²) in [6.07, 6.45) is 0. The number of nitrogens with one attached hydrogen (secondary N) is 1. The monoisotopic (exact) mass is 291 g/mol. The van der Waals surface area contributed by atoms with Crippen molar-refractivity contribution in [1.29, 1.82) is 0 Å². The van der Waals surface area contributed by atoms with Crippen LogP contribution in [0.15, 0.2) is 12.1 Å². The Morgan fingerprint density at radius 1 is 1.30 bits per heavy atom. The molecule has 0 saturated carbocycles. The molecule has 0 unspecified atom stereocenters. The number of carbonyl (C=O) groups is 1. The van der Waals surface area contributed by atoms with E-state index in [2.05, 4.69) is 27.9 Å². The first-order valence-corrected chi connectivity index (χ1v) is 7.43. The van der Waals surface area contributed by atoms with Crippen molar-refractivity contribution in [3.8, 4) is 10.7 Å². The minimum absolute atomic E-state index is 0.0512. The molecular weight excluding hydrogens is 270 g/mol. The van der Waals surface area contributed by atoms with Crippen molar-refractivity contribution >= 4 is 17.2 Å². The lowest BCUT2D eigenvalue weighted by Gasteiger charge is -2.19. The highest BCUT2D eigenvalue weighted by Crippen LogP contribution is 2.29. The first kappa shape index (κ1) is 14.8. The SMILES string of the molecule is Cc1nc(-c2ccc(C)n2C)sc1C(=O)NC(C)(C)C. The zero-order valence-corrected chi connectivity index (χ0v) is 13.7. The molecule has 1 amide bonds. The highest BCUT2D eigenvalue weighted by molar-refractivity contribution is 7.17. The van der Waals surface area contributed by atoms with Crippen molar-refractivity contribution in [2.45, 2.75) is 40.2 Å². The third-order valence-corrected chi connectivity index (χ3v) is 4.26. The Balaban J connectivity index is 2.35. The van der Waals surface area contributed by atoms with E-state index in [4.69, 9.17) is 0 Å². The number of thiazole rings is 1. The first-order chi connectivity index (χ1) is 9.19. The first-order valence-electron chi connectivity index (χ1n) is 6.61. The zero-order chi connectivity index (χ0) is 15.1. The largest absolute Gasteiger partial charge is 0.347 e. The van der Waals surface area contributed by atoms with Gasteiger partial charge < -0.3 is 9.88 Å². The van der Waals surface area contributed by atoms with Crippen molar-refractivity contribution in [2.75, 3.05) is 0 Å². The predicted molar refractivity (Wildman–Crippen MR) is 83.2 cm³/mol. The number of hydrogen-bond acceptors (Lipinski definition) is 3. The quantitative estimate of drug-likeness (QED) is 0.923. The van der Waals surface area contributed by atoms with Gasteiger partial charge in [0.2, 0.25) is 0 Å². The molecule has 0 spiro atoms. The van der Waals surface area contributed by atoms with Crippen molar-refractivity contribution in [1.82, 2.24) is 14.9 Å². The van der Waals surface area contributed by atoms with Gasteiger partial charge in [-0.25, -0.2) is 4.98 Å². The minimum Gasteiger partial charge on any atom is -0.347 e. The Bertz CT molecular complexity index is 647. The van der Waals surface area contributed by atoms with Gasteiger partial charge in [-0.05, 0) is 46.8 Å². The molecule has 0 radical (unpaired) electrons. The molecule has 0 aliphatic heterocycles. The number of rotatable bonds is 2. The molecule has 0 atom stereocenters. The lowest BCUT2D eigenvalue weighted by atomic mass is 10.1. The van der Waals surface area contributed by atoms with Gasteiger partial charge in [-0.15, -0.1) is 11.3 Å². The van der Waals surface area contributed by atoms with E-state index in [-0.39, 0.29) is 11.4 Å². The number of aryl methyl sites for hydroxylation is 2. The summed E-state index contributed by atoms with van der Waals surface area (Å²) in [5.74, 6) is -0.0512. The summed E-state index contributed by atoms with van der Waals surface area (Å²) in [5.41, 5.74) is 2.76. The molecule has 2 heterocycles. The summed E-state index contributed by atoms with van der Waals surface area (Å²) >= 11 is 1.44. The number of hydrogen-bond donors (Lipinski definition) is 1. The van der Waals surface area contributed by atoms with Crippen molar-refractivity contribution in [3.05, 3.63) is 28.4 Å². The minimum atomic E-state index is -0.241. The van der Waals surface area contributed by atoms with Gasteiger partial charge >= 0.3 is 0 Å². The summed E-state index contributed by atoms with van der Waals surface area (Å²) in [7, 11) is 2.01. The molecule has 2 rings (SSSR count). The number of nitrogens with zero attached hydrogens (tertiary/aromatic N) is 2. The van der Waals surface area contributed by atoms with E-state index in [0.717, 1.165) is 16.4 Å². The number of aromatic nitrogens is 2. The fourth-order valence-corrected chi connectivity index (χ4v) is 2.96. The van der Waals surface area contributed by atoms with E-state index in [1.807, 2.05) is 40.8 Å². The maximum atomic E-state index is 12.3. The molecule has 5 heteroatoms. The predicted octanol–water partition coefficient (Wildman–Crippen LogP) is 3.29. The maximum Gasteiger partial charge on any atom is 0.263 e. The molecule has 108 valence electrons. The second kappa shape index (κ2) is 5.05. The third-order valence-electron chi connectivity index (χ3n) is 3.08. The normalized spacial score (nSPS) is 11.7. The Labute approximate surface area is 123 Å². The number of amides is 1. The van der Waals surface area contributed by atoms with Gasteiger partial charge in [-0.1, -0.05) is 0 Å². The maximum absolute atomic E-state index is 12.3. The fraction of sp³-hybridized carbons (Fsp3) is 0.467. The number of carbonyl (C=O) groups excluding carboxylic acids is 1. The van der Waals surface area contributed by atoms with Crippen molar-refractivity contribution in [2.24, 2.45) is 7.05 Å². The molecule has 0 aromatic carbocycles. The molecule has 20 heavy (non-hydrogen) atoms. The van der Waals surface area contributed by atoms with Crippen LogP contribution in [-0.2, 0) is 7.05 Å². The summed E-state index contributed by atoms with van der Waals surface area (Å²) < 4.78 is 2.09. The molecule has 0 aliphatic carbocycles. The summed E-state index contributed by atoms with van der Waals surface area (Å²) in [4.78, 5) is 17.5. The van der Waals surface area contributed by atoms with E-state index >= 15 is 0 Å². The van der Waals surface area contributed by atoms with Crippen LogP contribution in [-0.4, -0.2) is 21.0 Å². The zero-order valence-electron chi connectivity index (χ0n) is 12.9. The molecule has 2 aromatic rings. The third kappa shape index (κ3) is 2.93. The average molecular weight is 291 g/mol. The average Bonchev–Trinajstić information content (AvgIpc) is 2.82. The van der Waals surface area contributed by atoms with E-state index in [9.17, 15) is 4.79 Å². The van der Waals surface area contributed by atoms with Gasteiger partial charge in [0.1, 0.15) is 9.88 Å². The van der Waals surface area contributed by atoms with E-state index < -0.39 is 0 Å². The summed E-state index contributed by atoms with van der Waals surface area (Å²) in [6.45, 7) is 9.86. The Hall–Kier alpha value is -1.62. The van der Waals surface area contributed by atoms with E-state index in [0.29, 0.717) is 4.88 Å². The standard InChI is InChI=1S/C15H21N3OS/c1-9-7-8-11(18(9)6)14-16-10(2)12(20-14)13(19)17-15(3,4)5/h7-8H,1-6H3,(H,17,19).